The number of hydrogen-bond acceptors (Lipinski definition) is 5. The van der Waals surface area contributed by atoms with Gasteiger partial charge in [0, 0.05) is 30.2 Å². The van der Waals surface area contributed by atoms with E-state index in [0.29, 0.717) is 10.5 Å². The minimum Gasteiger partial charge on any atom is -0.508 e. The number of hydrogen-bond donors (Lipinski definition) is 4. The number of alkyl halides is 1. The molecule has 2 aromatic rings. The Hall–Kier alpha value is -3.24. The van der Waals surface area contributed by atoms with E-state index in [1.165, 1.54) is 25.1 Å². The molecule has 0 aromatic heterocycles. The first-order valence-electron chi connectivity index (χ1n) is 10.4. The average molecular weight is 497 g/mol. The number of nitrogens with zero attached hydrogens (tertiary/aromatic N) is 1. The Balaban J connectivity index is 1.74. The maximum absolute atomic E-state index is 13.3. The predicted octanol–water partition coefficient (Wildman–Crippen LogP) is 2.32. The van der Waals surface area contributed by atoms with E-state index < -0.39 is 46.6 Å². The van der Waals surface area contributed by atoms with Crippen LogP contribution in [-0.2, 0) is 16.0 Å². The number of phenols is 1. The summed E-state index contributed by atoms with van der Waals surface area (Å²) in [5.41, 5.74) is -2.22. The number of carbonyl (C=O) groups is 3. The number of benzene rings is 2. The van der Waals surface area contributed by atoms with Crippen LogP contribution < -0.4 is 5.32 Å². The number of aliphatic hydroxyl groups is 1. The SMILES string of the molecule is Cc1c(O)cccc1C(=O)NC1C(Cl)CN(C(=O)CCCc2cc(F)cc(F)c2)[C@]1(O)C(=O)O. The number of carboxylic acids is 1. The Kier molecular flexibility index (Phi) is 7.42. The lowest BCUT2D eigenvalue weighted by atomic mass is 10.0. The van der Waals surface area contributed by atoms with Crippen molar-refractivity contribution in [2.75, 3.05) is 6.54 Å². The smallest absolute Gasteiger partial charge is 0.359 e. The lowest BCUT2D eigenvalue weighted by molar-refractivity contribution is -0.185. The normalized spacial score (nSPS) is 22.0. The molecule has 3 rings (SSSR count). The van der Waals surface area contributed by atoms with Crippen molar-refractivity contribution >= 4 is 29.4 Å². The van der Waals surface area contributed by atoms with Gasteiger partial charge in [0.15, 0.2) is 0 Å². The van der Waals surface area contributed by atoms with Crippen LogP contribution in [0.1, 0.15) is 34.3 Å². The quantitative estimate of drug-likeness (QED) is 0.436. The number of carbonyl (C=O) groups excluding carboxylic acids is 2. The molecule has 0 bridgehead atoms. The maximum atomic E-state index is 13.3. The Morgan fingerprint density at radius 2 is 1.85 bits per heavy atom. The second-order valence-corrected chi connectivity index (χ2v) is 8.64. The van der Waals surface area contributed by atoms with Crippen LogP contribution in [0.4, 0.5) is 8.78 Å². The minimum absolute atomic E-state index is 0.0451. The molecule has 4 N–H and O–H groups in total. The number of likely N-dealkylation sites (tertiary alicyclic amines) is 1. The maximum Gasteiger partial charge on any atom is 0.359 e. The molecule has 0 aliphatic carbocycles. The van der Waals surface area contributed by atoms with E-state index in [1.807, 2.05) is 0 Å². The molecule has 2 aromatic carbocycles. The zero-order valence-corrected chi connectivity index (χ0v) is 18.9. The second-order valence-electron chi connectivity index (χ2n) is 8.08. The van der Waals surface area contributed by atoms with Gasteiger partial charge in [-0.15, -0.1) is 11.6 Å². The van der Waals surface area contributed by atoms with Crippen molar-refractivity contribution in [1.82, 2.24) is 10.2 Å². The Morgan fingerprint density at radius 1 is 1.21 bits per heavy atom. The van der Waals surface area contributed by atoms with Crippen LogP contribution in [0, 0.1) is 18.6 Å². The van der Waals surface area contributed by atoms with Gasteiger partial charge in [-0.25, -0.2) is 13.6 Å². The second kappa shape index (κ2) is 9.94. The highest BCUT2D eigenvalue weighted by atomic mass is 35.5. The molecule has 0 spiro atoms. The molecule has 1 heterocycles. The molecule has 2 amide bonds. The monoisotopic (exact) mass is 496 g/mol. The van der Waals surface area contributed by atoms with Gasteiger partial charge in [-0.05, 0) is 49.6 Å². The van der Waals surface area contributed by atoms with Crippen LogP contribution in [0.25, 0.3) is 0 Å². The summed E-state index contributed by atoms with van der Waals surface area (Å²) in [5.74, 6) is -4.98. The number of aliphatic carboxylic acids is 1. The average Bonchev–Trinajstić information content (AvgIpc) is 3.01. The molecule has 3 atom stereocenters. The fourth-order valence-corrected chi connectivity index (χ4v) is 4.37. The fraction of sp³-hybridized carbons (Fsp3) is 0.348. The molecule has 1 aliphatic heterocycles. The topological polar surface area (TPSA) is 127 Å². The molecule has 1 saturated heterocycles. The number of aryl methyl sites for hydroxylation is 1. The third-order valence-corrected chi connectivity index (χ3v) is 6.18. The van der Waals surface area contributed by atoms with Crippen LogP contribution >= 0.6 is 11.6 Å². The number of halogens is 3. The van der Waals surface area contributed by atoms with Crippen LogP contribution in [0.2, 0.25) is 0 Å². The minimum atomic E-state index is -2.82. The van der Waals surface area contributed by atoms with E-state index in [9.17, 15) is 38.5 Å². The zero-order valence-electron chi connectivity index (χ0n) is 18.1. The molecule has 0 radical (unpaired) electrons. The number of phenolic OH excluding ortho intramolecular Hbond substituents is 1. The highest BCUT2D eigenvalue weighted by molar-refractivity contribution is 6.22. The fourth-order valence-electron chi connectivity index (χ4n) is 3.99. The van der Waals surface area contributed by atoms with Gasteiger partial charge in [0.05, 0.1) is 5.38 Å². The van der Waals surface area contributed by atoms with Gasteiger partial charge in [-0.3, -0.25) is 9.59 Å². The van der Waals surface area contributed by atoms with Crippen molar-refractivity contribution < 1.29 is 38.5 Å². The van der Waals surface area contributed by atoms with E-state index in [4.69, 9.17) is 11.6 Å². The molecule has 11 heteroatoms. The molecule has 1 fully saturated rings. The first-order valence-corrected chi connectivity index (χ1v) is 10.8. The lowest BCUT2D eigenvalue weighted by Gasteiger charge is -2.34. The Bertz CT molecular complexity index is 1110. The molecule has 2 unspecified atom stereocenters. The molecule has 0 saturated carbocycles. The van der Waals surface area contributed by atoms with Crippen molar-refractivity contribution in [3.63, 3.8) is 0 Å². The molecule has 8 nitrogen and oxygen atoms in total. The molecule has 34 heavy (non-hydrogen) atoms. The van der Waals surface area contributed by atoms with E-state index >= 15 is 0 Å². The summed E-state index contributed by atoms with van der Waals surface area (Å²) in [5, 5.41) is 31.8. The van der Waals surface area contributed by atoms with Gasteiger partial charge in [-0.2, -0.15) is 0 Å². The van der Waals surface area contributed by atoms with Gasteiger partial charge >= 0.3 is 5.97 Å². The number of rotatable bonds is 7. The number of nitrogens with one attached hydrogen (secondary N) is 1. The van der Waals surface area contributed by atoms with Gasteiger partial charge in [0.25, 0.3) is 11.6 Å². The van der Waals surface area contributed by atoms with E-state index in [1.54, 1.807) is 0 Å². The third kappa shape index (κ3) is 4.97. The van der Waals surface area contributed by atoms with E-state index in [-0.39, 0.29) is 42.7 Å². The Labute approximate surface area is 198 Å². The molecule has 182 valence electrons. The first kappa shape index (κ1) is 25.4. The summed E-state index contributed by atoms with van der Waals surface area (Å²) < 4.78 is 26.7. The van der Waals surface area contributed by atoms with E-state index in [2.05, 4.69) is 5.32 Å². The third-order valence-electron chi connectivity index (χ3n) is 5.79. The summed E-state index contributed by atoms with van der Waals surface area (Å²) in [6.45, 7) is 1.13. The number of aromatic hydroxyl groups is 1. The Morgan fingerprint density at radius 3 is 2.47 bits per heavy atom. The lowest BCUT2D eigenvalue weighted by Crippen LogP contribution is -2.63. The van der Waals surface area contributed by atoms with E-state index in [0.717, 1.165) is 18.2 Å². The van der Waals surface area contributed by atoms with Gasteiger partial charge in [0.1, 0.15) is 23.4 Å². The predicted molar refractivity (Wildman–Crippen MR) is 117 cm³/mol. The largest absolute Gasteiger partial charge is 0.508 e. The van der Waals surface area contributed by atoms with Crippen LogP contribution in [0.5, 0.6) is 5.75 Å². The summed E-state index contributed by atoms with van der Waals surface area (Å²) >= 11 is 6.25. The van der Waals surface area contributed by atoms with Gasteiger partial charge in [-0.1, -0.05) is 6.07 Å². The van der Waals surface area contributed by atoms with Gasteiger partial charge < -0.3 is 25.5 Å². The van der Waals surface area contributed by atoms with Crippen LogP contribution in [0.15, 0.2) is 36.4 Å². The summed E-state index contributed by atoms with van der Waals surface area (Å²) in [6, 6.07) is 5.62. The summed E-state index contributed by atoms with van der Waals surface area (Å²) in [6.07, 6.45) is 0.0328. The van der Waals surface area contributed by atoms with Crippen molar-refractivity contribution in [2.45, 2.75) is 43.3 Å². The zero-order chi connectivity index (χ0) is 25.2. The van der Waals surface area contributed by atoms with Crippen molar-refractivity contribution in [3.8, 4) is 5.75 Å². The molecule has 1 aliphatic rings. The highest BCUT2D eigenvalue weighted by Gasteiger charge is 2.60. The van der Waals surface area contributed by atoms with Crippen molar-refractivity contribution in [3.05, 3.63) is 64.7 Å². The van der Waals surface area contributed by atoms with Gasteiger partial charge in [0.2, 0.25) is 5.91 Å². The summed E-state index contributed by atoms with van der Waals surface area (Å²) in [4.78, 5) is 38.2. The number of carboxylic acid groups (broad SMARTS) is 1. The molecular formula is C23H23ClF2N2O6. The summed E-state index contributed by atoms with van der Waals surface area (Å²) in [7, 11) is 0. The first-order chi connectivity index (χ1) is 15.9. The van der Waals surface area contributed by atoms with Crippen LogP contribution in [-0.4, -0.2) is 61.7 Å². The van der Waals surface area contributed by atoms with Crippen molar-refractivity contribution in [1.29, 1.82) is 0 Å². The van der Waals surface area contributed by atoms with Crippen molar-refractivity contribution in [2.24, 2.45) is 0 Å². The highest BCUT2D eigenvalue weighted by Crippen LogP contribution is 2.33. The molecular weight excluding hydrogens is 474 g/mol. The standard InChI is InChI=1S/C23H23ClF2N2O6/c1-12-16(5-3-6-18(12)29)21(31)27-20-17(24)11-28(23(20,34)22(32)33)19(30)7-2-4-13-8-14(25)10-15(26)9-13/h3,5-6,8-10,17,20,29,34H,2,4,7,11H2,1H3,(H,27,31)(H,32,33)/t17?,20?,23-/m1/s1. The van der Waals surface area contributed by atoms with Crippen LogP contribution in [0.3, 0.4) is 0 Å². The number of amides is 2.